The Morgan fingerprint density at radius 2 is 1.02 bits per heavy atom. The summed E-state index contributed by atoms with van der Waals surface area (Å²) in [6.07, 6.45) is 38.1. The molecule has 0 fully saturated rings. The standard InChI is InChI=1S/C42H84NO7P/c1-6-8-10-12-14-16-18-20-21-22-23-24-26-28-30-32-34-37-47-39-41(40-49-51(45,46)48-38-36-43(3,4)5)50-42(44)35-33-31-29-27-25-19-17-15-13-11-9-7-2/h21-22,41H,6-20,23-40H2,1-5H3/p+1/b22-21-. The average Bonchev–Trinajstić information content (AvgIpc) is 3.08. The minimum absolute atomic E-state index is 0.0905. The molecule has 0 amide bonds. The van der Waals surface area contributed by atoms with Crippen LogP contribution in [-0.2, 0) is 27.9 Å². The van der Waals surface area contributed by atoms with Crippen molar-refractivity contribution in [2.45, 2.75) is 200 Å². The molecule has 0 saturated heterocycles. The molecule has 2 atom stereocenters. The van der Waals surface area contributed by atoms with Gasteiger partial charge in [0.1, 0.15) is 19.3 Å². The number of hydrogen-bond donors (Lipinski definition) is 1. The fourth-order valence-corrected chi connectivity index (χ4v) is 6.70. The van der Waals surface area contributed by atoms with Crippen molar-refractivity contribution < 1.29 is 37.3 Å². The van der Waals surface area contributed by atoms with Crippen LogP contribution in [0.15, 0.2) is 12.2 Å². The Morgan fingerprint density at radius 1 is 0.588 bits per heavy atom. The first-order chi connectivity index (χ1) is 24.6. The number of nitrogens with zero attached hydrogens (tertiary/aromatic N) is 1. The lowest BCUT2D eigenvalue weighted by Gasteiger charge is -2.24. The third-order valence-electron chi connectivity index (χ3n) is 9.33. The van der Waals surface area contributed by atoms with E-state index in [-0.39, 0.29) is 25.8 Å². The van der Waals surface area contributed by atoms with Crippen molar-refractivity contribution in [3.8, 4) is 0 Å². The molecule has 2 unspecified atom stereocenters. The molecule has 304 valence electrons. The molecule has 8 nitrogen and oxygen atoms in total. The summed E-state index contributed by atoms with van der Waals surface area (Å²) in [6.45, 7) is 5.63. The highest BCUT2D eigenvalue weighted by Crippen LogP contribution is 2.43. The molecule has 0 aliphatic heterocycles. The van der Waals surface area contributed by atoms with Crippen LogP contribution in [0.4, 0.5) is 0 Å². The topological polar surface area (TPSA) is 91.3 Å². The molecule has 0 rings (SSSR count). The SMILES string of the molecule is CCCCCCCCC/C=C\CCCCCCCCOCC(COP(=O)(O)OCC[N+](C)(C)C)OC(=O)CCCCCCCCCCCCCC. The first-order valence-electron chi connectivity index (χ1n) is 21.4. The van der Waals surface area contributed by atoms with Gasteiger partial charge in [0.25, 0.3) is 0 Å². The summed E-state index contributed by atoms with van der Waals surface area (Å²) in [5.41, 5.74) is 0. The summed E-state index contributed by atoms with van der Waals surface area (Å²) in [5.74, 6) is -0.314. The average molecular weight is 747 g/mol. The van der Waals surface area contributed by atoms with Crippen molar-refractivity contribution in [2.75, 3.05) is 54.1 Å². The predicted molar refractivity (Wildman–Crippen MR) is 215 cm³/mol. The van der Waals surface area contributed by atoms with Crippen molar-refractivity contribution >= 4 is 13.8 Å². The number of phosphoric acid groups is 1. The minimum atomic E-state index is -4.27. The van der Waals surface area contributed by atoms with Crippen LogP contribution < -0.4 is 0 Å². The third-order valence-corrected chi connectivity index (χ3v) is 10.3. The second kappa shape index (κ2) is 36.2. The quantitative estimate of drug-likeness (QED) is 0.0219. The van der Waals surface area contributed by atoms with Crippen LogP contribution in [0, 0.1) is 0 Å². The van der Waals surface area contributed by atoms with Crippen molar-refractivity contribution in [3.63, 3.8) is 0 Å². The molecular weight excluding hydrogens is 661 g/mol. The van der Waals surface area contributed by atoms with Crippen molar-refractivity contribution in [2.24, 2.45) is 0 Å². The van der Waals surface area contributed by atoms with Crippen LogP contribution >= 0.6 is 7.82 Å². The molecule has 9 heteroatoms. The van der Waals surface area contributed by atoms with Gasteiger partial charge in [-0.2, -0.15) is 0 Å². The van der Waals surface area contributed by atoms with E-state index in [1.807, 2.05) is 21.1 Å². The molecule has 1 N–H and O–H groups in total. The number of quaternary nitrogens is 1. The van der Waals surface area contributed by atoms with E-state index < -0.39 is 13.9 Å². The Bertz CT molecular complexity index is 833. The zero-order valence-electron chi connectivity index (χ0n) is 34.4. The van der Waals surface area contributed by atoms with Gasteiger partial charge in [-0.3, -0.25) is 13.8 Å². The van der Waals surface area contributed by atoms with E-state index >= 15 is 0 Å². The number of likely N-dealkylation sites (N-methyl/N-ethyl adjacent to an activating group) is 1. The second-order valence-electron chi connectivity index (χ2n) is 15.7. The van der Waals surface area contributed by atoms with Gasteiger partial charge in [-0.25, -0.2) is 4.57 Å². The highest BCUT2D eigenvalue weighted by molar-refractivity contribution is 7.47. The number of allylic oxidation sites excluding steroid dienone is 2. The van der Waals surface area contributed by atoms with E-state index in [9.17, 15) is 14.3 Å². The molecule has 0 aromatic carbocycles. The molecule has 0 spiro atoms. The molecule has 0 aromatic heterocycles. The van der Waals surface area contributed by atoms with Crippen LogP contribution in [0.1, 0.15) is 194 Å². The summed E-state index contributed by atoms with van der Waals surface area (Å²) in [6, 6.07) is 0. The van der Waals surface area contributed by atoms with Crippen LogP contribution in [0.3, 0.4) is 0 Å². The predicted octanol–water partition coefficient (Wildman–Crippen LogP) is 12.3. The Labute approximate surface area is 316 Å². The van der Waals surface area contributed by atoms with Crippen molar-refractivity contribution in [3.05, 3.63) is 12.2 Å². The van der Waals surface area contributed by atoms with E-state index in [1.54, 1.807) is 0 Å². The fourth-order valence-electron chi connectivity index (χ4n) is 5.96. The van der Waals surface area contributed by atoms with E-state index in [0.717, 1.165) is 32.1 Å². The maximum Gasteiger partial charge on any atom is 0.472 e. The van der Waals surface area contributed by atoms with E-state index in [4.69, 9.17) is 18.5 Å². The normalized spacial score (nSPS) is 13.9. The lowest BCUT2D eigenvalue weighted by molar-refractivity contribution is -0.870. The first-order valence-corrected chi connectivity index (χ1v) is 22.9. The van der Waals surface area contributed by atoms with Gasteiger partial charge in [-0.05, 0) is 38.5 Å². The maximum absolute atomic E-state index is 12.6. The summed E-state index contributed by atoms with van der Waals surface area (Å²) in [5, 5.41) is 0. The van der Waals surface area contributed by atoms with Crippen LogP contribution in [0.5, 0.6) is 0 Å². The number of esters is 1. The molecule has 0 saturated carbocycles. The Morgan fingerprint density at radius 3 is 1.49 bits per heavy atom. The zero-order chi connectivity index (χ0) is 37.7. The van der Waals surface area contributed by atoms with Gasteiger partial charge in [0.2, 0.25) is 0 Å². The van der Waals surface area contributed by atoms with Gasteiger partial charge in [-0.1, -0.05) is 161 Å². The Kier molecular flexibility index (Phi) is 35.7. The fraction of sp³-hybridized carbons (Fsp3) is 0.929. The third kappa shape index (κ3) is 40.3. The van der Waals surface area contributed by atoms with Crippen LogP contribution in [-0.4, -0.2) is 75.6 Å². The number of ether oxygens (including phenoxy) is 2. The number of carbonyl (C=O) groups excluding carboxylic acids is 1. The lowest BCUT2D eigenvalue weighted by atomic mass is 10.0. The summed E-state index contributed by atoms with van der Waals surface area (Å²) >= 11 is 0. The van der Waals surface area contributed by atoms with E-state index in [2.05, 4.69) is 26.0 Å². The van der Waals surface area contributed by atoms with Crippen LogP contribution in [0.25, 0.3) is 0 Å². The number of carbonyl (C=O) groups is 1. The first kappa shape index (κ1) is 50.2. The molecule has 0 aliphatic rings. The highest BCUT2D eigenvalue weighted by Gasteiger charge is 2.26. The molecule has 0 aromatic rings. The largest absolute Gasteiger partial charge is 0.472 e. The Hall–Kier alpha value is -0.760. The zero-order valence-corrected chi connectivity index (χ0v) is 35.3. The van der Waals surface area contributed by atoms with Crippen LogP contribution in [0.2, 0.25) is 0 Å². The van der Waals surface area contributed by atoms with Gasteiger partial charge in [0, 0.05) is 13.0 Å². The van der Waals surface area contributed by atoms with Gasteiger partial charge in [-0.15, -0.1) is 0 Å². The van der Waals surface area contributed by atoms with E-state index in [0.29, 0.717) is 24.1 Å². The lowest BCUT2D eigenvalue weighted by Crippen LogP contribution is -2.37. The van der Waals surface area contributed by atoms with Gasteiger partial charge in [0.15, 0.2) is 0 Å². The van der Waals surface area contributed by atoms with E-state index in [1.165, 1.54) is 141 Å². The number of unbranched alkanes of at least 4 members (excludes halogenated alkanes) is 24. The second-order valence-corrected chi connectivity index (χ2v) is 17.2. The number of hydrogen-bond acceptors (Lipinski definition) is 6. The van der Waals surface area contributed by atoms with Crippen molar-refractivity contribution in [1.82, 2.24) is 0 Å². The van der Waals surface area contributed by atoms with Gasteiger partial charge >= 0.3 is 13.8 Å². The van der Waals surface area contributed by atoms with Crippen molar-refractivity contribution in [1.29, 1.82) is 0 Å². The number of rotatable bonds is 40. The number of phosphoric ester groups is 1. The summed E-state index contributed by atoms with van der Waals surface area (Å²) < 4.78 is 34.9. The monoisotopic (exact) mass is 747 g/mol. The molecule has 0 aliphatic carbocycles. The molecule has 0 radical (unpaired) electrons. The van der Waals surface area contributed by atoms with Gasteiger partial charge < -0.3 is 18.9 Å². The highest BCUT2D eigenvalue weighted by atomic mass is 31.2. The summed E-state index contributed by atoms with van der Waals surface area (Å²) in [7, 11) is 1.67. The van der Waals surface area contributed by atoms with Gasteiger partial charge in [0.05, 0.1) is 34.4 Å². The maximum atomic E-state index is 12.6. The molecule has 0 heterocycles. The summed E-state index contributed by atoms with van der Waals surface area (Å²) in [4.78, 5) is 22.8. The molecular formula is C42H85NO7P+. The Balaban J connectivity index is 4.21. The minimum Gasteiger partial charge on any atom is -0.457 e. The molecule has 51 heavy (non-hydrogen) atoms. The molecule has 0 bridgehead atoms. The smallest absolute Gasteiger partial charge is 0.457 e.